The third-order valence-corrected chi connectivity index (χ3v) is 3.57. The van der Waals surface area contributed by atoms with Crippen LogP contribution in [-0.4, -0.2) is 20.9 Å². The van der Waals surface area contributed by atoms with Crippen molar-refractivity contribution < 1.29 is 14.1 Å². The van der Waals surface area contributed by atoms with Crippen molar-refractivity contribution >= 4 is 23.6 Å². The molecular formula is C14H16ClN3O3. The van der Waals surface area contributed by atoms with Crippen LogP contribution in [-0.2, 0) is 23.2 Å². The molecule has 2 rings (SSSR count). The molecule has 0 saturated heterocycles. The lowest BCUT2D eigenvalue weighted by Gasteiger charge is -2.01. The number of esters is 1. The van der Waals surface area contributed by atoms with E-state index in [-0.39, 0.29) is 6.61 Å². The second-order valence-electron chi connectivity index (χ2n) is 4.66. The molecule has 0 spiro atoms. The quantitative estimate of drug-likeness (QED) is 0.641. The van der Waals surface area contributed by atoms with Gasteiger partial charge >= 0.3 is 5.97 Å². The molecule has 112 valence electrons. The van der Waals surface area contributed by atoms with Gasteiger partial charge in [-0.3, -0.25) is 4.68 Å². The number of hydrogen-bond donors (Lipinski definition) is 0. The Morgan fingerprint density at radius 3 is 2.62 bits per heavy atom. The van der Waals surface area contributed by atoms with Crippen LogP contribution in [0, 0.1) is 20.8 Å². The molecule has 0 atom stereocenters. The summed E-state index contributed by atoms with van der Waals surface area (Å²) in [6.45, 7) is 5.52. The van der Waals surface area contributed by atoms with Gasteiger partial charge in [0.15, 0.2) is 0 Å². The Bertz CT molecular complexity index is 681. The van der Waals surface area contributed by atoms with Crippen LogP contribution in [0.1, 0.15) is 28.3 Å². The molecule has 0 N–H and O–H groups in total. The summed E-state index contributed by atoms with van der Waals surface area (Å²) in [5, 5.41) is 8.43. The van der Waals surface area contributed by atoms with Crippen molar-refractivity contribution in [1.29, 1.82) is 0 Å². The Morgan fingerprint density at radius 1 is 1.38 bits per heavy atom. The summed E-state index contributed by atoms with van der Waals surface area (Å²) in [7, 11) is 1.74. The maximum Gasteiger partial charge on any atom is 0.331 e. The van der Waals surface area contributed by atoms with Crippen LogP contribution in [0.5, 0.6) is 0 Å². The van der Waals surface area contributed by atoms with Crippen molar-refractivity contribution in [2.24, 2.45) is 7.05 Å². The van der Waals surface area contributed by atoms with Gasteiger partial charge in [-0.1, -0.05) is 16.8 Å². The van der Waals surface area contributed by atoms with Crippen molar-refractivity contribution in [2.45, 2.75) is 27.4 Å². The van der Waals surface area contributed by atoms with Crippen LogP contribution in [0.25, 0.3) is 6.08 Å². The van der Waals surface area contributed by atoms with Gasteiger partial charge in [0.2, 0.25) is 0 Å². The molecule has 0 aliphatic heterocycles. The van der Waals surface area contributed by atoms with Crippen molar-refractivity contribution in [1.82, 2.24) is 14.9 Å². The van der Waals surface area contributed by atoms with Crippen molar-refractivity contribution in [3.63, 3.8) is 0 Å². The van der Waals surface area contributed by atoms with E-state index in [0.29, 0.717) is 16.5 Å². The lowest BCUT2D eigenvalue weighted by atomic mass is 10.2. The number of ether oxygens (including phenoxy) is 1. The Kier molecular flexibility index (Phi) is 4.47. The van der Waals surface area contributed by atoms with Gasteiger partial charge in [-0.25, -0.2) is 4.79 Å². The minimum atomic E-state index is -0.464. The normalized spacial score (nSPS) is 11.3. The third kappa shape index (κ3) is 3.33. The highest BCUT2D eigenvalue weighted by atomic mass is 35.5. The minimum absolute atomic E-state index is 0.129. The lowest BCUT2D eigenvalue weighted by molar-refractivity contribution is -0.138. The predicted molar refractivity (Wildman–Crippen MR) is 77.8 cm³/mol. The van der Waals surface area contributed by atoms with E-state index in [9.17, 15) is 4.79 Å². The molecule has 21 heavy (non-hydrogen) atoms. The molecule has 0 unspecified atom stereocenters. The van der Waals surface area contributed by atoms with Crippen molar-refractivity contribution in [3.8, 4) is 0 Å². The van der Waals surface area contributed by atoms with Gasteiger partial charge in [-0.15, -0.1) is 0 Å². The smallest absolute Gasteiger partial charge is 0.331 e. The fourth-order valence-electron chi connectivity index (χ4n) is 1.89. The van der Waals surface area contributed by atoms with Gasteiger partial charge in [0.1, 0.15) is 17.5 Å². The summed E-state index contributed by atoms with van der Waals surface area (Å²) in [6.07, 6.45) is 2.93. The number of carbonyl (C=O) groups is 1. The molecule has 0 aliphatic rings. The molecule has 7 heteroatoms. The summed E-state index contributed by atoms with van der Waals surface area (Å²) >= 11 is 6.07. The fraction of sp³-hybridized carbons (Fsp3) is 0.357. The zero-order valence-corrected chi connectivity index (χ0v) is 13.1. The topological polar surface area (TPSA) is 70.2 Å². The number of aromatic nitrogens is 3. The van der Waals surface area contributed by atoms with E-state index in [4.69, 9.17) is 20.9 Å². The van der Waals surface area contributed by atoms with E-state index in [1.165, 1.54) is 6.08 Å². The van der Waals surface area contributed by atoms with E-state index in [0.717, 1.165) is 17.0 Å². The van der Waals surface area contributed by atoms with Crippen LogP contribution in [0.3, 0.4) is 0 Å². The second kappa shape index (κ2) is 6.13. The van der Waals surface area contributed by atoms with E-state index in [1.807, 2.05) is 6.92 Å². The molecule has 0 aliphatic carbocycles. The van der Waals surface area contributed by atoms with Gasteiger partial charge < -0.3 is 9.26 Å². The second-order valence-corrected chi connectivity index (χ2v) is 5.02. The monoisotopic (exact) mass is 309 g/mol. The predicted octanol–water partition coefficient (Wildman–Crippen LogP) is 2.74. The van der Waals surface area contributed by atoms with Gasteiger partial charge in [0, 0.05) is 18.7 Å². The van der Waals surface area contributed by atoms with E-state index < -0.39 is 5.97 Å². The first-order chi connectivity index (χ1) is 9.90. The van der Waals surface area contributed by atoms with Gasteiger partial charge in [0.05, 0.1) is 17.0 Å². The number of halogens is 1. The molecule has 0 bridgehead atoms. The maximum atomic E-state index is 11.7. The van der Waals surface area contributed by atoms with Crippen molar-refractivity contribution in [3.05, 3.63) is 39.5 Å². The summed E-state index contributed by atoms with van der Waals surface area (Å²) < 4.78 is 11.7. The molecule has 0 fully saturated rings. The van der Waals surface area contributed by atoms with Gasteiger partial charge in [-0.2, -0.15) is 5.10 Å². The van der Waals surface area contributed by atoms with Crippen LogP contribution in [0.2, 0.25) is 5.15 Å². The zero-order chi connectivity index (χ0) is 15.6. The first-order valence-electron chi connectivity index (χ1n) is 6.35. The molecule has 2 aromatic rings. The molecule has 0 aromatic carbocycles. The number of carbonyl (C=O) groups excluding carboxylic acids is 1. The van der Waals surface area contributed by atoms with Gasteiger partial charge in [0.25, 0.3) is 0 Å². The largest absolute Gasteiger partial charge is 0.457 e. The van der Waals surface area contributed by atoms with E-state index in [2.05, 4.69) is 10.3 Å². The Morgan fingerprint density at radius 2 is 2.10 bits per heavy atom. The third-order valence-electron chi connectivity index (χ3n) is 3.12. The Hall–Kier alpha value is -2.08. The summed E-state index contributed by atoms with van der Waals surface area (Å²) in [4.78, 5) is 11.7. The number of nitrogens with zero attached hydrogens (tertiary/aromatic N) is 3. The van der Waals surface area contributed by atoms with Crippen molar-refractivity contribution in [2.75, 3.05) is 0 Å². The highest BCUT2D eigenvalue weighted by Crippen LogP contribution is 2.20. The first-order valence-corrected chi connectivity index (χ1v) is 6.73. The van der Waals surface area contributed by atoms with E-state index >= 15 is 0 Å². The number of aryl methyl sites for hydroxylation is 4. The van der Waals surface area contributed by atoms with Gasteiger partial charge in [-0.05, 0) is 26.8 Å². The molecule has 0 saturated carbocycles. The number of hydrogen-bond acceptors (Lipinski definition) is 5. The molecule has 2 heterocycles. The SMILES string of the molecule is Cc1nn(C)c(Cl)c1/C=C/C(=O)OCc1c(C)noc1C. The Balaban J connectivity index is 2.00. The minimum Gasteiger partial charge on any atom is -0.457 e. The van der Waals surface area contributed by atoms with E-state index in [1.54, 1.807) is 31.7 Å². The molecular weight excluding hydrogens is 294 g/mol. The highest BCUT2D eigenvalue weighted by molar-refractivity contribution is 6.31. The van der Waals surface area contributed by atoms with Crippen LogP contribution in [0.15, 0.2) is 10.6 Å². The lowest BCUT2D eigenvalue weighted by Crippen LogP contribution is -2.02. The van der Waals surface area contributed by atoms with Crippen LogP contribution in [0.4, 0.5) is 0 Å². The summed E-state index contributed by atoms with van der Waals surface area (Å²) in [5.74, 6) is 0.185. The molecule has 0 amide bonds. The average molecular weight is 310 g/mol. The standard InChI is InChI=1S/C14H16ClN3O3/c1-8-11(14(15)18(4)16-8)5-6-13(19)20-7-12-9(2)17-21-10(12)3/h5-6H,7H2,1-4H3/b6-5+. The first kappa shape index (κ1) is 15.3. The number of rotatable bonds is 4. The summed E-state index contributed by atoms with van der Waals surface area (Å²) in [6, 6.07) is 0. The fourth-order valence-corrected chi connectivity index (χ4v) is 2.12. The zero-order valence-electron chi connectivity index (χ0n) is 12.3. The molecule has 0 radical (unpaired) electrons. The average Bonchev–Trinajstić information content (AvgIpc) is 2.87. The Labute approximate surface area is 127 Å². The van der Waals surface area contributed by atoms with Crippen LogP contribution >= 0.6 is 11.6 Å². The summed E-state index contributed by atoms with van der Waals surface area (Å²) in [5.41, 5.74) is 2.95. The molecule has 6 nitrogen and oxygen atoms in total. The van der Waals surface area contributed by atoms with Crippen LogP contribution < -0.4 is 0 Å². The molecule has 2 aromatic heterocycles. The highest BCUT2D eigenvalue weighted by Gasteiger charge is 2.11. The maximum absolute atomic E-state index is 11.7.